The van der Waals surface area contributed by atoms with Crippen molar-refractivity contribution in [2.45, 2.75) is 26.7 Å². The minimum Gasteiger partial charge on any atom is -0.464 e. The Hall–Kier alpha value is -2.60. The molecule has 22 heavy (non-hydrogen) atoms. The van der Waals surface area contributed by atoms with Gasteiger partial charge >= 0.3 is 6.01 Å². The molecule has 0 aliphatic rings. The van der Waals surface area contributed by atoms with E-state index in [-0.39, 0.29) is 0 Å². The van der Waals surface area contributed by atoms with Crippen molar-refractivity contribution in [3.05, 3.63) is 59.4 Å². The van der Waals surface area contributed by atoms with Gasteiger partial charge in [0, 0.05) is 18.0 Å². The monoisotopic (exact) mass is 292 g/mol. The minimum absolute atomic E-state index is 0.385. The lowest BCUT2D eigenvalue weighted by atomic mass is 10.1. The van der Waals surface area contributed by atoms with Gasteiger partial charge in [-0.25, -0.2) is 9.97 Å². The third kappa shape index (κ3) is 5.06. The Labute approximate surface area is 132 Å². The third-order valence-corrected chi connectivity index (χ3v) is 2.93. The molecule has 2 rings (SSSR count). The first kappa shape index (κ1) is 15.8. The van der Waals surface area contributed by atoms with Gasteiger partial charge < -0.3 is 4.74 Å². The fourth-order valence-corrected chi connectivity index (χ4v) is 1.79. The number of unbranched alkanes of at least 4 members (excludes halogenated alkanes) is 1. The molecule has 0 aliphatic carbocycles. The molecule has 0 unspecified atom stereocenters. The Balaban J connectivity index is 2.01. The molecule has 2 aromatic rings. The molecule has 1 aromatic carbocycles. The summed E-state index contributed by atoms with van der Waals surface area (Å²) in [4.78, 5) is 8.18. The lowest BCUT2D eigenvalue weighted by molar-refractivity contribution is 0.312. The molecule has 0 bridgehead atoms. The van der Waals surface area contributed by atoms with E-state index in [1.54, 1.807) is 12.4 Å². The summed E-state index contributed by atoms with van der Waals surface area (Å²) in [7, 11) is 0. The first-order chi connectivity index (χ1) is 10.8. The van der Waals surface area contributed by atoms with Crippen LogP contribution in [0.25, 0.3) is 6.08 Å². The van der Waals surface area contributed by atoms with Crippen LogP contribution in [0.2, 0.25) is 0 Å². The number of benzene rings is 1. The molecule has 0 N–H and O–H groups in total. The van der Waals surface area contributed by atoms with E-state index in [9.17, 15) is 0 Å². The molecule has 3 nitrogen and oxygen atoms in total. The highest BCUT2D eigenvalue weighted by Gasteiger charge is 1.95. The van der Waals surface area contributed by atoms with Gasteiger partial charge in [0.25, 0.3) is 0 Å². The summed E-state index contributed by atoms with van der Waals surface area (Å²) in [6.45, 7) is 4.63. The van der Waals surface area contributed by atoms with Crippen LogP contribution in [0, 0.1) is 11.8 Å². The number of nitrogens with zero attached hydrogens (tertiary/aromatic N) is 2. The van der Waals surface area contributed by atoms with Crippen molar-refractivity contribution in [1.29, 1.82) is 0 Å². The quantitative estimate of drug-likeness (QED) is 0.779. The zero-order chi connectivity index (χ0) is 15.6. The number of aromatic nitrogens is 2. The molecule has 3 heteroatoms. The van der Waals surface area contributed by atoms with E-state index in [1.807, 2.05) is 19.1 Å². The van der Waals surface area contributed by atoms with Gasteiger partial charge in [0.1, 0.15) is 0 Å². The SMILES string of the molecule is CCC/C=C/c1ccc(C#Cc2cnc(OCC)nc2)cc1. The summed E-state index contributed by atoms with van der Waals surface area (Å²) in [5.74, 6) is 6.17. The second kappa shape index (κ2) is 8.63. The van der Waals surface area contributed by atoms with Crippen LogP contribution >= 0.6 is 0 Å². The van der Waals surface area contributed by atoms with Crippen molar-refractivity contribution in [1.82, 2.24) is 9.97 Å². The van der Waals surface area contributed by atoms with Crippen molar-refractivity contribution >= 4 is 6.08 Å². The molecule has 0 saturated carbocycles. The van der Waals surface area contributed by atoms with Gasteiger partial charge in [-0.2, -0.15) is 0 Å². The van der Waals surface area contributed by atoms with Crippen LogP contribution in [0.5, 0.6) is 6.01 Å². The number of ether oxygens (including phenoxy) is 1. The molecule has 0 atom stereocenters. The Kier molecular flexibility index (Phi) is 6.19. The number of hydrogen-bond donors (Lipinski definition) is 0. The van der Waals surface area contributed by atoms with Gasteiger partial charge in [-0.15, -0.1) is 0 Å². The second-order valence-corrected chi connectivity index (χ2v) is 4.75. The van der Waals surface area contributed by atoms with Gasteiger partial charge in [-0.1, -0.05) is 49.5 Å². The number of hydrogen-bond acceptors (Lipinski definition) is 3. The Morgan fingerprint density at radius 1 is 1.00 bits per heavy atom. The zero-order valence-corrected chi connectivity index (χ0v) is 13.0. The van der Waals surface area contributed by atoms with Crippen LogP contribution in [0.1, 0.15) is 43.4 Å². The van der Waals surface area contributed by atoms with Crippen molar-refractivity contribution in [3.8, 4) is 17.9 Å². The predicted octanol–water partition coefficient (Wildman–Crippen LogP) is 4.09. The summed E-state index contributed by atoms with van der Waals surface area (Å²) >= 11 is 0. The van der Waals surface area contributed by atoms with Crippen molar-refractivity contribution in [3.63, 3.8) is 0 Å². The normalized spacial score (nSPS) is 10.3. The molecule has 0 saturated heterocycles. The Bertz CT molecular complexity index is 661. The van der Waals surface area contributed by atoms with Crippen molar-refractivity contribution in [2.24, 2.45) is 0 Å². The Morgan fingerprint density at radius 2 is 1.68 bits per heavy atom. The molecule has 0 fully saturated rings. The molecule has 0 spiro atoms. The summed E-state index contributed by atoms with van der Waals surface area (Å²) < 4.78 is 5.20. The highest BCUT2D eigenvalue weighted by molar-refractivity contribution is 5.52. The fourth-order valence-electron chi connectivity index (χ4n) is 1.79. The lowest BCUT2D eigenvalue weighted by Gasteiger charge is -1.98. The maximum absolute atomic E-state index is 5.20. The lowest BCUT2D eigenvalue weighted by Crippen LogP contribution is -1.96. The third-order valence-electron chi connectivity index (χ3n) is 2.93. The number of rotatable bonds is 5. The molecular formula is C19H20N2O. The van der Waals surface area contributed by atoms with E-state index in [0.717, 1.165) is 17.5 Å². The second-order valence-electron chi connectivity index (χ2n) is 4.75. The highest BCUT2D eigenvalue weighted by atomic mass is 16.5. The molecule has 112 valence electrons. The van der Waals surface area contributed by atoms with E-state index < -0.39 is 0 Å². The molecule has 0 aliphatic heterocycles. The largest absolute Gasteiger partial charge is 0.464 e. The summed E-state index contributed by atoms with van der Waals surface area (Å²) in [5, 5.41) is 0. The summed E-state index contributed by atoms with van der Waals surface area (Å²) in [6.07, 6.45) is 9.96. The van der Waals surface area contributed by atoms with Gasteiger partial charge in [-0.3, -0.25) is 0 Å². The van der Waals surface area contributed by atoms with Gasteiger partial charge in [0.2, 0.25) is 0 Å². The topological polar surface area (TPSA) is 35.0 Å². The van der Waals surface area contributed by atoms with Crippen LogP contribution in [-0.4, -0.2) is 16.6 Å². The Morgan fingerprint density at radius 3 is 2.32 bits per heavy atom. The van der Waals surface area contributed by atoms with Crippen LogP contribution < -0.4 is 4.74 Å². The van der Waals surface area contributed by atoms with E-state index in [0.29, 0.717) is 12.6 Å². The smallest absolute Gasteiger partial charge is 0.316 e. The molecule has 0 amide bonds. The maximum Gasteiger partial charge on any atom is 0.316 e. The summed E-state index contributed by atoms with van der Waals surface area (Å²) in [5.41, 5.74) is 2.94. The van der Waals surface area contributed by atoms with Gasteiger partial charge in [0.15, 0.2) is 0 Å². The van der Waals surface area contributed by atoms with Gasteiger partial charge in [-0.05, 0) is 31.0 Å². The van der Waals surface area contributed by atoms with Crippen LogP contribution in [-0.2, 0) is 0 Å². The zero-order valence-electron chi connectivity index (χ0n) is 13.0. The average molecular weight is 292 g/mol. The molecular weight excluding hydrogens is 272 g/mol. The van der Waals surface area contributed by atoms with E-state index in [2.05, 4.69) is 53.0 Å². The summed E-state index contributed by atoms with van der Waals surface area (Å²) in [6, 6.07) is 8.58. The van der Waals surface area contributed by atoms with E-state index in [4.69, 9.17) is 4.74 Å². The standard InChI is InChI=1S/C19H20N2O/c1-3-5-6-7-16-8-10-17(11-9-16)12-13-18-14-20-19(21-15-18)22-4-2/h6-11,14-15H,3-5H2,1-2H3/b7-6+. The van der Waals surface area contributed by atoms with Crippen molar-refractivity contribution in [2.75, 3.05) is 6.61 Å². The molecule has 1 heterocycles. The first-order valence-electron chi connectivity index (χ1n) is 7.55. The van der Waals surface area contributed by atoms with Gasteiger partial charge in [0.05, 0.1) is 12.2 Å². The van der Waals surface area contributed by atoms with Crippen LogP contribution in [0.15, 0.2) is 42.7 Å². The van der Waals surface area contributed by atoms with Crippen LogP contribution in [0.4, 0.5) is 0 Å². The molecule has 0 radical (unpaired) electrons. The first-order valence-corrected chi connectivity index (χ1v) is 7.55. The van der Waals surface area contributed by atoms with E-state index in [1.165, 1.54) is 12.0 Å². The van der Waals surface area contributed by atoms with Crippen molar-refractivity contribution < 1.29 is 4.74 Å². The fraction of sp³-hybridized carbons (Fsp3) is 0.263. The average Bonchev–Trinajstić information content (AvgIpc) is 2.56. The minimum atomic E-state index is 0.385. The predicted molar refractivity (Wildman–Crippen MR) is 89.6 cm³/mol. The van der Waals surface area contributed by atoms with Crippen LogP contribution in [0.3, 0.4) is 0 Å². The maximum atomic E-state index is 5.20. The number of allylic oxidation sites excluding steroid dienone is 1. The molecule has 1 aromatic heterocycles. The highest BCUT2D eigenvalue weighted by Crippen LogP contribution is 2.07. The van der Waals surface area contributed by atoms with E-state index >= 15 is 0 Å².